The van der Waals surface area contributed by atoms with Gasteiger partial charge in [-0.15, -0.1) is 0 Å². The van der Waals surface area contributed by atoms with Crippen molar-refractivity contribution in [3.63, 3.8) is 0 Å². The summed E-state index contributed by atoms with van der Waals surface area (Å²) in [5, 5.41) is 5.07. The van der Waals surface area contributed by atoms with Gasteiger partial charge in [0.25, 0.3) is 0 Å². The van der Waals surface area contributed by atoms with Crippen molar-refractivity contribution in [2.75, 3.05) is 25.1 Å². The number of fused-ring (bicyclic) bond motifs is 1. The number of pyridine rings is 1. The summed E-state index contributed by atoms with van der Waals surface area (Å²) in [6, 6.07) is 7.62. The normalized spacial score (nSPS) is 10.6. The smallest absolute Gasteiger partial charge is 0.0723 e. The first-order valence-corrected chi connectivity index (χ1v) is 6.55. The summed E-state index contributed by atoms with van der Waals surface area (Å²) in [5.74, 6) is 0. The number of benzene rings is 1. The van der Waals surface area contributed by atoms with E-state index in [0.29, 0.717) is 18.2 Å². The number of nitrogens with one attached hydrogen (secondary N) is 1. The van der Waals surface area contributed by atoms with Gasteiger partial charge in [0.05, 0.1) is 18.7 Å². The zero-order valence-electron chi connectivity index (χ0n) is 10.9. The van der Waals surface area contributed by atoms with Gasteiger partial charge in [-0.2, -0.15) is 0 Å². The van der Waals surface area contributed by atoms with Gasteiger partial charge in [-0.05, 0) is 31.2 Å². The van der Waals surface area contributed by atoms with Crippen LogP contribution in [-0.4, -0.2) is 24.7 Å². The summed E-state index contributed by atoms with van der Waals surface area (Å²) in [7, 11) is 0. The molecule has 3 nitrogen and oxygen atoms in total. The van der Waals surface area contributed by atoms with Crippen LogP contribution >= 0.6 is 11.6 Å². The minimum atomic E-state index is 0.602. The average molecular weight is 277 g/mol. The predicted octanol–water partition coefficient (Wildman–Crippen LogP) is 3.89. The van der Waals surface area contributed by atoms with E-state index >= 15 is 0 Å². The molecular weight excluding hydrogens is 260 g/mol. The number of aromatic nitrogens is 1. The minimum absolute atomic E-state index is 0.602. The molecule has 0 radical (unpaired) electrons. The first-order chi connectivity index (χ1) is 9.16. The Morgan fingerprint density at radius 2 is 2.26 bits per heavy atom. The Kier molecular flexibility index (Phi) is 4.77. The molecule has 0 bridgehead atoms. The minimum Gasteiger partial charge on any atom is -0.382 e. The fourth-order valence-corrected chi connectivity index (χ4v) is 1.95. The first kappa shape index (κ1) is 13.8. The lowest BCUT2D eigenvalue weighted by atomic mass is 10.2. The van der Waals surface area contributed by atoms with Crippen molar-refractivity contribution in [2.24, 2.45) is 0 Å². The van der Waals surface area contributed by atoms with Crippen molar-refractivity contribution in [3.05, 3.63) is 47.6 Å². The highest BCUT2D eigenvalue weighted by Gasteiger charge is 2.02. The number of halogens is 1. The molecule has 0 saturated carbocycles. The van der Waals surface area contributed by atoms with Crippen LogP contribution in [0.5, 0.6) is 0 Å². The molecule has 0 saturated heterocycles. The third kappa shape index (κ3) is 3.94. The number of hydrogen-bond acceptors (Lipinski definition) is 3. The summed E-state index contributed by atoms with van der Waals surface area (Å²) in [6.07, 6.45) is 1.79. The molecule has 100 valence electrons. The van der Waals surface area contributed by atoms with Gasteiger partial charge >= 0.3 is 0 Å². The van der Waals surface area contributed by atoms with E-state index in [9.17, 15) is 0 Å². The highest BCUT2D eigenvalue weighted by molar-refractivity contribution is 6.31. The zero-order chi connectivity index (χ0) is 13.7. The number of rotatable bonds is 6. The van der Waals surface area contributed by atoms with E-state index in [1.165, 1.54) is 0 Å². The fourth-order valence-electron chi connectivity index (χ4n) is 1.78. The number of anilines is 1. The molecule has 0 aliphatic rings. The maximum Gasteiger partial charge on any atom is 0.0723 e. The van der Waals surface area contributed by atoms with Crippen LogP contribution < -0.4 is 5.32 Å². The lowest BCUT2D eigenvalue weighted by Gasteiger charge is -2.10. The van der Waals surface area contributed by atoms with Crippen LogP contribution in [0.1, 0.15) is 6.92 Å². The van der Waals surface area contributed by atoms with Crippen LogP contribution in [0, 0.1) is 0 Å². The highest BCUT2D eigenvalue weighted by atomic mass is 35.5. The second-order valence-corrected chi connectivity index (χ2v) is 4.89. The SMILES string of the molecule is C=C(C)COCCNc1ccnc2ccc(Cl)cc12. The Balaban J connectivity index is 2.00. The summed E-state index contributed by atoms with van der Waals surface area (Å²) >= 11 is 6.02. The number of ether oxygens (including phenoxy) is 1. The van der Waals surface area contributed by atoms with Crippen LogP contribution in [0.4, 0.5) is 5.69 Å². The molecule has 0 amide bonds. The number of nitrogens with zero attached hydrogens (tertiary/aromatic N) is 1. The Bertz CT molecular complexity index is 583. The molecule has 0 aliphatic carbocycles. The molecule has 1 heterocycles. The third-order valence-corrected chi connectivity index (χ3v) is 2.85. The predicted molar refractivity (Wildman–Crippen MR) is 80.9 cm³/mol. The molecule has 2 rings (SSSR count). The molecular formula is C15H17ClN2O. The molecule has 0 spiro atoms. The van der Waals surface area contributed by atoms with E-state index in [4.69, 9.17) is 16.3 Å². The Hall–Kier alpha value is -1.58. The van der Waals surface area contributed by atoms with Crippen molar-refractivity contribution in [2.45, 2.75) is 6.92 Å². The number of hydrogen-bond donors (Lipinski definition) is 1. The topological polar surface area (TPSA) is 34.1 Å². The quantitative estimate of drug-likeness (QED) is 0.642. The van der Waals surface area contributed by atoms with Crippen molar-refractivity contribution >= 4 is 28.2 Å². The van der Waals surface area contributed by atoms with E-state index in [0.717, 1.165) is 28.7 Å². The van der Waals surface area contributed by atoms with E-state index in [1.54, 1.807) is 6.20 Å². The van der Waals surface area contributed by atoms with Crippen LogP contribution in [0.25, 0.3) is 10.9 Å². The zero-order valence-corrected chi connectivity index (χ0v) is 11.7. The molecule has 0 unspecified atom stereocenters. The van der Waals surface area contributed by atoms with Crippen LogP contribution in [0.3, 0.4) is 0 Å². The maximum absolute atomic E-state index is 6.02. The fraction of sp³-hybridized carbons (Fsp3) is 0.267. The van der Waals surface area contributed by atoms with Gasteiger partial charge in [0.15, 0.2) is 0 Å². The van der Waals surface area contributed by atoms with Crippen molar-refractivity contribution < 1.29 is 4.74 Å². The summed E-state index contributed by atoms with van der Waals surface area (Å²) < 4.78 is 5.45. The Labute approximate surface area is 118 Å². The van der Waals surface area contributed by atoms with Gasteiger partial charge < -0.3 is 10.1 Å². The summed E-state index contributed by atoms with van der Waals surface area (Å²) in [5.41, 5.74) is 2.98. The van der Waals surface area contributed by atoms with Crippen LogP contribution in [0.15, 0.2) is 42.6 Å². The molecule has 1 N–H and O–H groups in total. The van der Waals surface area contributed by atoms with Crippen molar-refractivity contribution in [1.29, 1.82) is 0 Å². The first-order valence-electron chi connectivity index (χ1n) is 6.17. The van der Waals surface area contributed by atoms with Gasteiger partial charge in [0.2, 0.25) is 0 Å². The van der Waals surface area contributed by atoms with E-state index in [1.807, 2.05) is 31.2 Å². The Morgan fingerprint density at radius 1 is 1.42 bits per heavy atom. The maximum atomic E-state index is 6.02. The van der Waals surface area contributed by atoms with E-state index in [-0.39, 0.29) is 0 Å². The molecule has 0 aliphatic heterocycles. The monoisotopic (exact) mass is 276 g/mol. The molecule has 0 atom stereocenters. The standard InChI is InChI=1S/C15H17ClN2O/c1-11(2)10-19-8-7-18-15-5-6-17-14-4-3-12(16)9-13(14)15/h3-6,9H,1,7-8,10H2,2H3,(H,17,18). The molecule has 1 aromatic carbocycles. The van der Waals surface area contributed by atoms with Gasteiger partial charge in [0.1, 0.15) is 0 Å². The van der Waals surface area contributed by atoms with Gasteiger partial charge in [-0.3, -0.25) is 4.98 Å². The molecule has 4 heteroatoms. The van der Waals surface area contributed by atoms with Crippen molar-refractivity contribution in [1.82, 2.24) is 4.98 Å². The van der Waals surface area contributed by atoms with Crippen molar-refractivity contribution in [3.8, 4) is 0 Å². The molecule has 2 aromatic rings. The van der Waals surface area contributed by atoms with Gasteiger partial charge in [0, 0.05) is 28.8 Å². The molecule has 1 aromatic heterocycles. The van der Waals surface area contributed by atoms with Gasteiger partial charge in [-0.25, -0.2) is 0 Å². The molecule has 0 fully saturated rings. The summed E-state index contributed by atoms with van der Waals surface area (Å²) in [6.45, 7) is 7.72. The van der Waals surface area contributed by atoms with Crippen LogP contribution in [-0.2, 0) is 4.74 Å². The second-order valence-electron chi connectivity index (χ2n) is 4.46. The molecule has 19 heavy (non-hydrogen) atoms. The second kappa shape index (κ2) is 6.55. The average Bonchev–Trinajstić information content (AvgIpc) is 2.38. The lowest BCUT2D eigenvalue weighted by Crippen LogP contribution is -2.10. The van der Waals surface area contributed by atoms with Gasteiger partial charge in [-0.1, -0.05) is 23.8 Å². The highest BCUT2D eigenvalue weighted by Crippen LogP contribution is 2.24. The largest absolute Gasteiger partial charge is 0.382 e. The van der Waals surface area contributed by atoms with Crippen LogP contribution in [0.2, 0.25) is 5.02 Å². The Morgan fingerprint density at radius 3 is 3.05 bits per heavy atom. The summed E-state index contributed by atoms with van der Waals surface area (Å²) in [4.78, 5) is 4.31. The third-order valence-electron chi connectivity index (χ3n) is 2.61. The van der Waals surface area contributed by atoms with E-state index in [2.05, 4.69) is 16.9 Å². The van der Waals surface area contributed by atoms with E-state index < -0.39 is 0 Å². The lowest BCUT2D eigenvalue weighted by molar-refractivity contribution is 0.167.